The normalized spacial score (nSPS) is 20.6. The second-order valence-electron chi connectivity index (χ2n) is 1.81. The van der Waals surface area contributed by atoms with Crippen LogP contribution in [0, 0.1) is 0 Å². The molecule has 0 atom stereocenters. The molecule has 0 aromatic carbocycles. The zero-order chi connectivity index (χ0) is 4.24. The van der Waals surface area contributed by atoms with E-state index in [-0.39, 0.29) is 20.3 Å². The monoisotopic (exact) mass is 93.1 g/mol. The fourth-order valence-electron chi connectivity index (χ4n) is 0.802. The number of hydrogen-bond donors (Lipinski definition) is 1. The average Bonchev–Trinajstić information content (AvgIpc) is 1.72. The number of piperidine rings is 1. The van der Waals surface area contributed by atoms with Gasteiger partial charge in [0, 0.05) is 0 Å². The van der Waals surface area contributed by atoms with Crippen LogP contribution in [0.5, 0.6) is 0 Å². The van der Waals surface area contributed by atoms with Crippen molar-refractivity contribution < 1.29 is 20.3 Å². The van der Waals surface area contributed by atoms with Crippen LogP contribution in [0.2, 0.25) is 0 Å². The van der Waals surface area contributed by atoms with Gasteiger partial charge in [-0.15, -0.1) is 0 Å². The molecule has 1 rings (SSSR count). The van der Waals surface area contributed by atoms with Crippen molar-refractivity contribution in [3.8, 4) is 0 Å². The fourth-order valence-corrected chi connectivity index (χ4v) is 0.802. The standard InChI is InChI=1S/C5H11N.Li.H/c1-2-4-6-5-3-1;;/h6H,1-5H2;;/q;+1;-1. The van der Waals surface area contributed by atoms with E-state index in [2.05, 4.69) is 5.32 Å². The van der Waals surface area contributed by atoms with Crippen LogP contribution < -0.4 is 24.2 Å². The maximum Gasteiger partial charge on any atom is 1.00 e. The molecule has 38 valence electrons. The van der Waals surface area contributed by atoms with E-state index in [9.17, 15) is 0 Å². The summed E-state index contributed by atoms with van der Waals surface area (Å²) in [7, 11) is 0. The van der Waals surface area contributed by atoms with E-state index in [4.69, 9.17) is 0 Å². The molecule has 1 aliphatic heterocycles. The molecule has 1 nitrogen and oxygen atoms in total. The molecule has 1 N–H and O–H groups in total. The topological polar surface area (TPSA) is 12.0 Å². The van der Waals surface area contributed by atoms with Crippen molar-refractivity contribution in [2.45, 2.75) is 19.3 Å². The van der Waals surface area contributed by atoms with Gasteiger partial charge in [0.1, 0.15) is 0 Å². The van der Waals surface area contributed by atoms with Crippen molar-refractivity contribution in [3.63, 3.8) is 0 Å². The molecule has 0 aromatic heterocycles. The van der Waals surface area contributed by atoms with E-state index in [1.54, 1.807) is 0 Å². The molecule has 1 aliphatic rings. The third-order valence-electron chi connectivity index (χ3n) is 1.21. The van der Waals surface area contributed by atoms with Crippen LogP contribution in [0.15, 0.2) is 0 Å². The van der Waals surface area contributed by atoms with Crippen molar-refractivity contribution in [1.82, 2.24) is 5.32 Å². The van der Waals surface area contributed by atoms with Gasteiger partial charge in [-0.3, -0.25) is 0 Å². The molecular formula is C5H12LiN. The number of rotatable bonds is 0. The average molecular weight is 93.1 g/mol. The Morgan fingerprint density at radius 2 is 1.57 bits per heavy atom. The minimum Gasteiger partial charge on any atom is -1.00 e. The van der Waals surface area contributed by atoms with Crippen molar-refractivity contribution in [3.05, 3.63) is 0 Å². The van der Waals surface area contributed by atoms with Gasteiger partial charge in [-0.2, -0.15) is 0 Å². The Hall–Kier alpha value is 0.557. The largest absolute Gasteiger partial charge is 1.00 e. The fraction of sp³-hybridized carbons (Fsp3) is 1.00. The Kier molecular flexibility index (Phi) is 5.08. The summed E-state index contributed by atoms with van der Waals surface area (Å²) in [4.78, 5) is 0. The summed E-state index contributed by atoms with van der Waals surface area (Å²) < 4.78 is 0. The summed E-state index contributed by atoms with van der Waals surface area (Å²) in [5, 5.41) is 3.28. The molecule has 7 heavy (non-hydrogen) atoms. The summed E-state index contributed by atoms with van der Waals surface area (Å²) in [6.45, 7) is 2.50. The van der Waals surface area contributed by atoms with Crippen LogP contribution >= 0.6 is 0 Å². The maximum atomic E-state index is 3.28. The minimum atomic E-state index is 0. The number of hydrogen-bond acceptors (Lipinski definition) is 1. The molecule has 0 bridgehead atoms. The Morgan fingerprint density at radius 1 is 1.00 bits per heavy atom. The van der Waals surface area contributed by atoms with E-state index in [1.165, 1.54) is 32.4 Å². The molecule has 0 aromatic rings. The van der Waals surface area contributed by atoms with Crippen LogP contribution in [0.1, 0.15) is 20.7 Å². The molecule has 0 aliphatic carbocycles. The summed E-state index contributed by atoms with van der Waals surface area (Å²) >= 11 is 0. The Labute approximate surface area is 58.5 Å². The summed E-state index contributed by atoms with van der Waals surface area (Å²) in [5.74, 6) is 0. The smallest absolute Gasteiger partial charge is 1.00 e. The molecule has 0 radical (unpaired) electrons. The van der Waals surface area contributed by atoms with Gasteiger partial charge < -0.3 is 6.74 Å². The van der Waals surface area contributed by atoms with Gasteiger partial charge in [-0.1, -0.05) is 6.42 Å². The van der Waals surface area contributed by atoms with Gasteiger partial charge in [0.25, 0.3) is 0 Å². The molecule has 0 unspecified atom stereocenters. The summed E-state index contributed by atoms with van der Waals surface area (Å²) in [5.41, 5.74) is 0. The van der Waals surface area contributed by atoms with Gasteiger partial charge in [-0.25, -0.2) is 0 Å². The van der Waals surface area contributed by atoms with Crippen LogP contribution in [-0.2, 0) is 0 Å². The van der Waals surface area contributed by atoms with Gasteiger partial charge in [-0.05, 0) is 25.9 Å². The van der Waals surface area contributed by atoms with Gasteiger partial charge >= 0.3 is 18.9 Å². The predicted molar refractivity (Wildman–Crippen MR) is 27.8 cm³/mol. The van der Waals surface area contributed by atoms with Gasteiger partial charge in [0.15, 0.2) is 0 Å². The zero-order valence-corrected chi connectivity index (χ0v) is 5.04. The van der Waals surface area contributed by atoms with E-state index >= 15 is 0 Å². The Morgan fingerprint density at radius 3 is 1.71 bits per heavy atom. The molecule has 2 heteroatoms. The maximum absolute atomic E-state index is 3.28. The quantitative estimate of drug-likeness (QED) is 0.337. The molecule has 0 spiro atoms. The van der Waals surface area contributed by atoms with E-state index < -0.39 is 0 Å². The second kappa shape index (κ2) is 4.71. The first kappa shape index (κ1) is 7.56. The van der Waals surface area contributed by atoms with Crippen molar-refractivity contribution >= 4 is 0 Å². The SMILES string of the molecule is C1CCNCC1.[H-].[Li+]. The van der Waals surface area contributed by atoms with E-state index in [0.29, 0.717) is 0 Å². The first-order chi connectivity index (χ1) is 3.00. The molecule has 1 heterocycles. The van der Waals surface area contributed by atoms with Crippen LogP contribution in [0.4, 0.5) is 0 Å². The van der Waals surface area contributed by atoms with Crippen molar-refractivity contribution in [2.24, 2.45) is 0 Å². The summed E-state index contributed by atoms with van der Waals surface area (Å²) in [6, 6.07) is 0. The predicted octanol–water partition coefficient (Wildman–Crippen LogP) is -2.12. The third-order valence-corrected chi connectivity index (χ3v) is 1.21. The van der Waals surface area contributed by atoms with Crippen LogP contribution in [0.3, 0.4) is 0 Å². The number of nitrogens with one attached hydrogen (secondary N) is 1. The van der Waals surface area contributed by atoms with E-state index in [0.717, 1.165) is 0 Å². The van der Waals surface area contributed by atoms with Crippen molar-refractivity contribution in [1.29, 1.82) is 0 Å². The van der Waals surface area contributed by atoms with Gasteiger partial charge in [0.2, 0.25) is 0 Å². The van der Waals surface area contributed by atoms with Crippen LogP contribution in [0.25, 0.3) is 0 Å². The molecule has 1 fully saturated rings. The summed E-state index contributed by atoms with van der Waals surface area (Å²) in [6.07, 6.45) is 4.22. The van der Waals surface area contributed by atoms with Crippen LogP contribution in [-0.4, -0.2) is 13.1 Å². The molecule has 1 saturated heterocycles. The van der Waals surface area contributed by atoms with Gasteiger partial charge in [0.05, 0.1) is 0 Å². The zero-order valence-electron chi connectivity index (χ0n) is 6.04. The Bertz CT molecular complexity index is 27.9. The molecule has 0 saturated carbocycles. The first-order valence-corrected chi connectivity index (χ1v) is 2.71. The minimum absolute atomic E-state index is 0. The second-order valence-corrected chi connectivity index (χ2v) is 1.81. The third kappa shape index (κ3) is 3.17. The first-order valence-electron chi connectivity index (χ1n) is 2.71. The Balaban J connectivity index is 0. The molecular weight excluding hydrogens is 81.0 g/mol. The van der Waals surface area contributed by atoms with Crippen molar-refractivity contribution in [2.75, 3.05) is 13.1 Å². The van der Waals surface area contributed by atoms with E-state index in [1.807, 2.05) is 0 Å². The molecule has 0 amide bonds.